The Morgan fingerprint density at radius 2 is 2.00 bits per heavy atom. The first kappa shape index (κ1) is 14.7. The Hall–Kier alpha value is -0.690. The molecule has 0 heterocycles. The van der Waals surface area contributed by atoms with Crippen LogP contribution >= 0.6 is 34.2 Å². The van der Waals surface area contributed by atoms with E-state index in [2.05, 4.69) is 28.0 Å². The smallest absolute Gasteiger partial charge is 0.123 e. The van der Waals surface area contributed by atoms with Gasteiger partial charge in [-0.05, 0) is 64.4 Å². The van der Waals surface area contributed by atoms with Crippen LogP contribution in [-0.4, -0.2) is 0 Å². The van der Waals surface area contributed by atoms with E-state index in [0.717, 1.165) is 14.7 Å². The maximum Gasteiger partial charge on any atom is 0.123 e. The van der Waals surface area contributed by atoms with Crippen molar-refractivity contribution in [3.8, 4) is 0 Å². The van der Waals surface area contributed by atoms with Gasteiger partial charge in [-0.3, -0.25) is 11.3 Å². The first-order valence-electron chi connectivity index (χ1n) is 5.76. The van der Waals surface area contributed by atoms with Crippen molar-refractivity contribution in [3.63, 3.8) is 0 Å². The molecule has 2 rings (SSSR count). The van der Waals surface area contributed by atoms with Crippen LogP contribution in [0.4, 0.5) is 4.39 Å². The number of rotatable bonds is 4. The van der Waals surface area contributed by atoms with Crippen LogP contribution in [0, 0.1) is 9.39 Å². The summed E-state index contributed by atoms with van der Waals surface area (Å²) in [6.45, 7) is 0. The second-order valence-corrected chi connectivity index (χ2v) is 5.75. The zero-order chi connectivity index (χ0) is 13.8. The molecule has 100 valence electrons. The molecule has 1 unspecified atom stereocenters. The van der Waals surface area contributed by atoms with Crippen molar-refractivity contribution in [2.24, 2.45) is 5.84 Å². The summed E-state index contributed by atoms with van der Waals surface area (Å²) in [5.41, 5.74) is 4.58. The SMILES string of the molecule is NNC(Cc1cc(F)ccc1Cl)c1ccccc1I. The summed E-state index contributed by atoms with van der Waals surface area (Å²) in [6, 6.07) is 12.2. The molecule has 0 spiro atoms. The monoisotopic (exact) mass is 390 g/mol. The molecule has 0 aliphatic heterocycles. The molecule has 0 amide bonds. The van der Waals surface area contributed by atoms with E-state index >= 15 is 0 Å². The lowest BCUT2D eigenvalue weighted by Gasteiger charge is -2.18. The van der Waals surface area contributed by atoms with Gasteiger partial charge in [-0.1, -0.05) is 29.8 Å². The Kier molecular flexibility index (Phi) is 5.15. The normalized spacial score (nSPS) is 12.4. The second-order valence-electron chi connectivity index (χ2n) is 4.18. The molecule has 0 radical (unpaired) electrons. The highest BCUT2D eigenvalue weighted by Gasteiger charge is 2.15. The van der Waals surface area contributed by atoms with Gasteiger partial charge in [-0.2, -0.15) is 0 Å². The van der Waals surface area contributed by atoms with E-state index in [0.29, 0.717) is 11.4 Å². The topological polar surface area (TPSA) is 38.0 Å². The molecular formula is C14H13ClFIN2. The highest BCUT2D eigenvalue weighted by Crippen LogP contribution is 2.26. The second kappa shape index (κ2) is 6.65. The number of benzene rings is 2. The number of nitrogens with two attached hydrogens (primary N) is 1. The minimum absolute atomic E-state index is 0.104. The molecule has 0 bridgehead atoms. The molecule has 2 nitrogen and oxygen atoms in total. The van der Waals surface area contributed by atoms with Crippen LogP contribution < -0.4 is 11.3 Å². The molecule has 0 aromatic heterocycles. The Balaban J connectivity index is 2.29. The van der Waals surface area contributed by atoms with Crippen molar-refractivity contribution in [2.45, 2.75) is 12.5 Å². The van der Waals surface area contributed by atoms with Gasteiger partial charge in [0.25, 0.3) is 0 Å². The molecule has 19 heavy (non-hydrogen) atoms. The maximum absolute atomic E-state index is 13.3. The minimum atomic E-state index is -0.294. The summed E-state index contributed by atoms with van der Waals surface area (Å²) in [6.07, 6.45) is 0.535. The Labute approximate surface area is 130 Å². The van der Waals surface area contributed by atoms with Crippen molar-refractivity contribution in [2.75, 3.05) is 0 Å². The third-order valence-electron chi connectivity index (χ3n) is 2.91. The van der Waals surface area contributed by atoms with Gasteiger partial charge in [0.2, 0.25) is 0 Å². The third kappa shape index (κ3) is 3.66. The van der Waals surface area contributed by atoms with Crippen molar-refractivity contribution in [1.82, 2.24) is 5.43 Å². The molecule has 0 aliphatic carbocycles. The maximum atomic E-state index is 13.3. The van der Waals surface area contributed by atoms with Gasteiger partial charge < -0.3 is 0 Å². The molecule has 2 aromatic carbocycles. The van der Waals surface area contributed by atoms with E-state index in [1.165, 1.54) is 12.1 Å². The molecule has 0 aliphatic rings. The van der Waals surface area contributed by atoms with Crippen LogP contribution in [-0.2, 0) is 6.42 Å². The lowest BCUT2D eigenvalue weighted by Crippen LogP contribution is -2.30. The van der Waals surface area contributed by atoms with Gasteiger partial charge >= 0.3 is 0 Å². The zero-order valence-corrected chi connectivity index (χ0v) is 13.0. The molecule has 0 saturated carbocycles. The number of hydrazine groups is 1. The van der Waals surface area contributed by atoms with E-state index in [4.69, 9.17) is 17.4 Å². The molecule has 5 heteroatoms. The van der Waals surface area contributed by atoms with Gasteiger partial charge in [-0.25, -0.2) is 4.39 Å². The van der Waals surface area contributed by atoms with E-state index in [1.807, 2.05) is 24.3 Å². The summed E-state index contributed by atoms with van der Waals surface area (Å²) in [5, 5.41) is 0.549. The fourth-order valence-corrected chi connectivity index (χ4v) is 2.89. The van der Waals surface area contributed by atoms with E-state index < -0.39 is 0 Å². The Morgan fingerprint density at radius 1 is 1.26 bits per heavy atom. The summed E-state index contributed by atoms with van der Waals surface area (Å²) in [5.74, 6) is 5.33. The quantitative estimate of drug-likeness (QED) is 0.473. The molecule has 3 N–H and O–H groups in total. The number of halogens is 3. The number of hydrogen-bond acceptors (Lipinski definition) is 2. The third-order valence-corrected chi connectivity index (χ3v) is 4.26. The van der Waals surface area contributed by atoms with Crippen LogP contribution in [0.25, 0.3) is 0 Å². The lowest BCUT2D eigenvalue weighted by molar-refractivity contribution is 0.546. The Bertz CT molecular complexity index is 577. The largest absolute Gasteiger partial charge is 0.271 e. The molecule has 0 saturated heterocycles. The average Bonchev–Trinajstić information content (AvgIpc) is 2.41. The predicted molar refractivity (Wildman–Crippen MR) is 84.3 cm³/mol. The summed E-state index contributed by atoms with van der Waals surface area (Å²) >= 11 is 8.34. The van der Waals surface area contributed by atoms with Gasteiger partial charge in [0, 0.05) is 8.59 Å². The van der Waals surface area contributed by atoms with E-state index in [1.54, 1.807) is 6.07 Å². The lowest BCUT2D eigenvalue weighted by atomic mass is 9.99. The molecule has 1 atom stereocenters. The standard InChI is InChI=1S/C14H13ClFIN2/c15-12-6-5-10(16)7-9(12)8-14(19-18)11-3-1-2-4-13(11)17/h1-7,14,19H,8,18H2. The van der Waals surface area contributed by atoms with Crippen LogP contribution in [0.5, 0.6) is 0 Å². The summed E-state index contributed by atoms with van der Waals surface area (Å²) in [7, 11) is 0. The fourth-order valence-electron chi connectivity index (χ4n) is 1.94. The van der Waals surface area contributed by atoms with Crippen molar-refractivity contribution in [1.29, 1.82) is 0 Å². The first-order chi connectivity index (χ1) is 9.11. The van der Waals surface area contributed by atoms with Crippen LogP contribution in [0.15, 0.2) is 42.5 Å². The van der Waals surface area contributed by atoms with E-state index in [-0.39, 0.29) is 11.9 Å². The molecule has 2 aromatic rings. The Morgan fingerprint density at radius 3 is 2.68 bits per heavy atom. The van der Waals surface area contributed by atoms with Crippen LogP contribution in [0.2, 0.25) is 5.02 Å². The van der Waals surface area contributed by atoms with Gasteiger partial charge in [-0.15, -0.1) is 0 Å². The average molecular weight is 391 g/mol. The number of nitrogens with one attached hydrogen (secondary N) is 1. The molecule has 0 fully saturated rings. The van der Waals surface area contributed by atoms with Crippen LogP contribution in [0.1, 0.15) is 17.2 Å². The minimum Gasteiger partial charge on any atom is -0.271 e. The van der Waals surface area contributed by atoms with Crippen molar-refractivity contribution >= 4 is 34.2 Å². The van der Waals surface area contributed by atoms with E-state index in [9.17, 15) is 4.39 Å². The van der Waals surface area contributed by atoms with Crippen molar-refractivity contribution in [3.05, 3.63) is 68.0 Å². The van der Waals surface area contributed by atoms with Gasteiger partial charge in [0.1, 0.15) is 5.82 Å². The molecular weight excluding hydrogens is 378 g/mol. The predicted octanol–water partition coefficient (Wildman–Crippen LogP) is 3.83. The number of hydrogen-bond donors (Lipinski definition) is 2. The highest BCUT2D eigenvalue weighted by atomic mass is 127. The highest BCUT2D eigenvalue weighted by molar-refractivity contribution is 14.1. The zero-order valence-electron chi connectivity index (χ0n) is 10.0. The first-order valence-corrected chi connectivity index (χ1v) is 7.22. The summed E-state index contributed by atoms with van der Waals surface area (Å²) < 4.78 is 14.4. The van der Waals surface area contributed by atoms with Crippen LogP contribution in [0.3, 0.4) is 0 Å². The summed E-state index contributed by atoms with van der Waals surface area (Å²) in [4.78, 5) is 0. The van der Waals surface area contributed by atoms with Gasteiger partial charge in [0.05, 0.1) is 6.04 Å². The van der Waals surface area contributed by atoms with Crippen molar-refractivity contribution < 1.29 is 4.39 Å². The fraction of sp³-hybridized carbons (Fsp3) is 0.143. The van der Waals surface area contributed by atoms with Gasteiger partial charge in [0.15, 0.2) is 0 Å².